The van der Waals surface area contributed by atoms with Gasteiger partial charge in [-0.15, -0.1) is 0 Å². The monoisotopic (exact) mass is 313 g/mol. The van der Waals surface area contributed by atoms with Gasteiger partial charge >= 0.3 is 5.97 Å². The molecule has 0 radical (unpaired) electrons. The number of sulfonamides is 1. The van der Waals surface area contributed by atoms with Gasteiger partial charge in [-0.3, -0.25) is 4.79 Å². The van der Waals surface area contributed by atoms with Gasteiger partial charge in [0.25, 0.3) is 0 Å². The van der Waals surface area contributed by atoms with Gasteiger partial charge in [0.15, 0.2) is 0 Å². The van der Waals surface area contributed by atoms with E-state index in [0.29, 0.717) is 0 Å². The first-order chi connectivity index (χ1) is 8.69. The molecule has 0 aromatic rings. The molecule has 1 fully saturated rings. The van der Waals surface area contributed by atoms with Crippen LogP contribution in [-0.2, 0) is 29.4 Å². The highest BCUT2D eigenvalue weighted by atomic mass is 32.2. The summed E-state index contributed by atoms with van der Waals surface area (Å²) < 4.78 is 52.5. The fourth-order valence-electron chi connectivity index (χ4n) is 1.90. The van der Waals surface area contributed by atoms with Crippen LogP contribution in [0.2, 0.25) is 0 Å². The van der Waals surface area contributed by atoms with E-state index in [1.807, 2.05) is 0 Å². The third-order valence-corrected chi connectivity index (χ3v) is 7.04. The van der Waals surface area contributed by atoms with Crippen LogP contribution in [0.4, 0.5) is 0 Å². The van der Waals surface area contributed by atoms with Crippen LogP contribution < -0.4 is 0 Å². The van der Waals surface area contributed by atoms with E-state index in [2.05, 4.69) is 4.74 Å². The van der Waals surface area contributed by atoms with Crippen molar-refractivity contribution in [3.8, 4) is 0 Å². The summed E-state index contributed by atoms with van der Waals surface area (Å²) >= 11 is 0. The Hall–Kier alpha value is -0.670. The highest BCUT2D eigenvalue weighted by Crippen LogP contribution is 2.21. The van der Waals surface area contributed by atoms with Crippen LogP contribution >= 0.6 is 0 Å². The summed E-state index contributed by atoms with van der Waals surface area (Å²) in [5.41, 5.74) is 0. The van der Waals surface area contributed by atoms with E-state index in [1.165, 1.54) is 7.05 Å². The second-order valence-electron chi connectivity index (χ2n) is 4.46. The molecule has 0 bridgehead atoms. The molecule has 1 saturated heterocycles. The van der Waals surface area contributed by atoms with Crippen LogP contribution in [0.25, 0.3) is 0 Å². The van der Waals surface area contributed by atoms with Crippen LogP contribution in [0.3, 0.4) is 0 Å². The lowest BCUT2D eigenvalue weighted by atomic mass is 10.2. The number of likely N-dealkylation sites (N-methyl/N-ethyl adjacent to an activating group) is 1. The van der Waals surface area contributed by atoms with Crippen LogP contribution in [-0.4, -0.2) is 64.1 Å². The lowest BCUT2D eigenvalue weighted by Crippen LogP contribution is -2.43. The molecule has 0 aliphatic carbocycles. The van der Waals surface area contributed by atoms with E-state index in [9.17, 15) is 21.6 Å². The minimum absolute atomic E-state index is 0.0812. The van der Waals surface area contributed by atoms with Crippen LogP contribution in [0.1, 0.15) is 19.8 Å². The highest BCUT2D eigenvalue weighted by Gasteiger charge is 2.35. The van der Waals surface area contributed by atoms with Crippen molar-refractivity contribution in [3.05, 3.63) is 0 Å². The zero-order chi connectivity index (χ0) is 14.7. The topological polar surface area (TPSA) is 97.8 Å². The second-order valence-corrected chi connectivity index (χ2v) is 9.08. The lowest BCUT2D eigenvalue weighted by Gasteiger charge is -2.26. The third kappa shape index (κ3) is 4.43. The van der Waals surface area contributed by atoms with Crippen molar-refractivity contribution in [1.82, 2.24) is 4.31 Å². The Morgan fingerprint density at radius 3 is 2.32 bits per heavy atom. The van der Waals surface area contributed by atoms with Gasteiger partial charge in [0, 0.05) is 7.05 Å². The molecule has 1 aliphatic rings. The summed E-state index contributed by atoms with van der Waals surface area (Å²) in [6, 6.07) is 0. The minimum atomic E-state index is -3.66. The molecule has 0 spiro atoms. The molecule has 1 aliphatic heterocycles. The minimum Gasteiger partial charge on any atom is -0.465 e. The second kappa shape index (κ2) is 6.19. The molecule has 112 valence electrons. The Bertz CT molecular complexity index is 510. The number of carbonyl (C=O) groups excluding carboxylic acids is 1. The number of sulfone groups is 1. The Morgan fingerprint density at radius 1 is 1.32 bits per heavy atom. The first-order valence-corrected chi connectivity index (χ1v) is 9.32. The number of rotatable bonds is 5. The largest absolute Gasteiger partial charge is 0.465 e. The summed E-state index contributed by atoms with van der Waals surface area (Å²) in [6.07, 6.45) is 0.162. The van der Waals surface area contributed by atoms with Gasteiger partial charge in [0.05, 0.1) is 23.4 Å². The zero-order valence-corrected chi connectivity index (χ0v) is 12.7. The number of nitrogens with zero attached hydrogens (tertiary/aromatic N) is 1. The average molecular weight is 313 g/mol. The van der Waals surface area contributed by atoms with E-state index in [4.69, 9.17) is 0 Å². The summed E-state index contributed by atoms with van der Waals surface area (Å²) in [6.45, 7) is 1.48. The standard InChI is InChI=1S/C10H19NO6S2/c1-3-17-10(12)8-11(2)19(15,16)9-4-6-18(13,14)7-5-9/h9H,3-8H2,1-2H3. The van der Waals surface area contributed by atoms with Crippen LogP contribution in [0.5, 0.6) is 0 Å². The van der Waals surface area contributed by atoms with E-state index >= 15 is 0 Å². The van der Waals surface area contributed by atoms with Crippen molar-refractivity contribution < 1.29 is 26.4 Å². The first kappa shape index (κ1) is 16.4. The van der Waals surface area contributed by atoms with Gasteiger partial charge in [-0.2, -0.15) is 4.31 Å². The smallest absolute Gasteiger partial charge is 0.321 e. The summed E-state index contributed by atoms with van der Waals surface area (Å²) in [5, 5.41) is -0.740. The normalized spacial score (nSPS) is 20.4. The number of esters is 1. The summed E-state index contributed by atoms with van der Waals surface area (Å²) in [7, 11) is -5.46. The average Bonchev–Trinajstić information content (AvgIpc) is 2.28. The highest BCUT2D eigenvalue weighted by molar-refractivity contribution is 7.92. The van der Waals surface area contributed by atoms with E-state index < -0.39 is 31.1 Å². The molecule has 9 heteroatoms. The van der Waals surface area contributed by atoms with Crippen LogP contribution in [0, 0.1) is 0 Å². The molecule has 7 nitrogen and oxygen atoms in total. The van der Waals surface area contributed by atoms with Gasteiger partial charge in [-0.1, -0.05) is 0 Å². The maximum Gasteiger partial charge on any atom is 0.321 e. The molecule has 0 atom stereocenters. The molecule has 0 amide bonds. The summed E-state index contributed by atoms with van der Waals surface area (Å²) in [5.74, 6) is -0.856. The van der Waals surface area contributed by atoms with Crippen molar-refractivity contribution in [3.63, 3.8) is 0 Å². The molecule has 0 aromatic carbocycles. The quantitative estimate of drug-likeness (QED) is 0.628. The fraction of sp³-hybridized carbons (Fsp3) is 0.900. The fourth-order valence-corrected chi connectivity index (χ4v) is 5.31. The molecule has 0 N–H and O–H groups in total. The van der Waals surface area contributed by atoms with E-state index in [-0.39, 0.29) is 37.5 Å². The Balaban J connectivity index is 2.68. The maximum absolute atomic E-state index is 12.2. The molecular weight excluding hydrogens is 294 g/mol. The SMILES string of the molecule is CCOC(=O)CN(C)S(=O)(=O)C1CCS(=O)(=O)CC1. The molecule has 1 heterocycles. The Kier molecular flexibility index (Phi) is 5.34. The number of carbonyl (C=O) groups is 1. The van der Waals surface area contributed by atoms with Gasteiger partial charge in [0.1, 0.15) is 16.4 Å². The number of hydrogen-bond donors (Lipinski definition) is 0. The third-order valence-electron chi connectivity index (χ3n) is 3.01. The van der Waals surface area contributed by atoms with Crippen molar-refractivity contribution in [2.24, 2.45) is 0 Å². The van der Waals surface area contributed by atoms with Crippen molar-refractivity contribution in [2.45, 2.75) is 25.0 Å². The predicted octanol–water partition coefficient (Wildman–Crippen LogP) is -0.612. The Labute approximate surface area is 113 Å². The van der Waals surface area contributed by atoms with Gasteiger partial charge in [-0.25, -0.2) is 16.8 Å². The van der Waals surface area contributed by atoms with Gasteiger partial charge in [-0.05, 0) is 19.8 Å². The molecule has 0 saturated carbocycles. The first-order valence-electron chi connectivity index (χ1n) is 6.00. The molecular formula is C10H19NO6S2. The van der Waals surface area contributed by atoms with Gasteiger partial charge in [0.2, 0.25) is 10.0 Å². The summed E-state index contributed by atoms with van der Waals surface area (Å²) in [4.78, 5) is 11.3. The van der Waals surface area contributed by atoms with E-state index in [1.54, 1.807) is 6.92 Å². The molecule has 19 heavy (non-hydrogen) atoms. The van der Waals surface area contributed by atoms with Crippen LogP contribution in [0.15, 0.2) is 0 Å². The lowest BCUT2D eigenvalue weighted by molar-refractivity contribution is -0.143. The van der Waals surface area contributed by atoms with Crippen molar-refractivity contribution >= 4 is 25.8 Å². The molecule has 0 unspecified atom stereocenters. The predicted molar refractivity (Wildman–Crippen MR) is 69.9 cm³/mol. The van der Waals surface area contributed by atoms with Gasteiger partial charge < -0.3 is 4.74 Å². The number of ether oxygens (including phenoxy) is 1. The molecule has 0 aromatic heterocycles. The number of hydrogen-bond acceptors (Lipinski definition) is 6. The van der Waals surface area contributed by atoms with Crippen molar-refractivity contribution in [1.29, 1.82) is 0 Å². The zero-order valence-electron chi connectivity index (χ0n) is 11.0. The van der Waals surface area contributed by atoms with E-state index in [0.717, 1.165) is 4.31 Å². The van der Waals surface area contributed by atoms with Crippen molar-refractivity contribution in [2.75, 3.05) is 31.7 Å². The Morgan fingerprint density at radius 2 is 1.84 bits per heavy atom. The maximum atomic E-state index is 12.2. The molecule has 1 rings (SSSR count).